The van der Waals surface area contributed by atoms with Crippen molar-refractivity contribution in [1.82, 2.24) is 20.1 Å². The molecule has 1 heterocycles. The van der Waals surface area contributed by atoms with Gasteiger partial charge in [0.05, 0.1) is 5.75 Å². The third-order valence-corrected chi connectivity index (χ3v) is 6.21. The number of nitrogens with zero attached hydrogens (tertiary/aromatic N) is 5. The van der Waals surface area contributed by atoms with Crippen LogP contribution in [0.4, 0.5) is 5.69 Å². The molecule has 4 rings (SSSR count). The maximum absolute atomic E-state index is 12.8. The molecular formula is C27H27N5OS. The second-order valence-corrected chi connectivity index (χ2v) is 9.07. The molecule has 0 aliphatic rings. The molecule has 0 spiro atoms. The number of amides is 1. The van der Waals surface area contributed by atoms with Crippen LogP contribution in [0.3, 0.4) is 0 Å². The van der Waals surface area contributed by atoms with Gasteiger partial charge in [0.25, 0.3) is 0 Å². The van der Waals surface area contributed by atoms with Crippen LogP contribution in [0.5, 0.6) is 0 Å². The molecule has 6 nitrogen and oxygen atoms in total. The van der Waals surface area contributed by atoms with Gasteiger partial charge in [-0.3, -0.25) is 4.79 Å². The van der Waals surface area contributed by atoms with Crippen molar-refractivity contribution in [3.05, 3.63) is 90.5 Å². The summed E-state index contributed by atoms with van der Waals surface area (Å²) in [6, 6.07) is 28.0. The molecule has 172 valence electrons. The topological polar surface area (TPSA) is 62.2 Å². The van der Waals surface area contributed by atoms with E-state index in [1.807, 2.05) is 93.9 Å². The van der Waals surface area contributed by atoms with Crippen molar-refractivity contribution >= 4 is 23.4 Å². The van der Waals surface area contributed by atoms with Gasteiger partial charge in [0.1, 0.15) is 11.4 Å². The number of aromatic nitrogens is 3. The Balaban J connectivity index is 1.46. The number of carbonyl (C=O) groups excluding carboxylic acids is 1. The lowest BCUT2D eigenvalue weighted by molar-refractivity contribution is -0.127. The lowest BCUT2D eigenvalue weighted by Crippen LogP contribution is -2.27. The fraction of sp³-hybridized carbons (Fsp3) is 0.185. The fourth-order valence-electron chi connectivity index (χ4n) is 3.46. The lowest BCUT2D eigenvalue weighted by Gasteiger charge is -2.18. The van der Waals surface area contributed by atoms with Crippen LogP contribution in [0, 0.1) is 0 Å². The average molecular weight is 470 g/mol. The normalized spacial score (nSPS) is 10.7. The number of carbonyl (C=O) groups is 1. The van der Waals surface area contributed by atoms with E-state index in [1.165, 1.54) is 11.8 Å². The van der Waals surface area contributed by atoms with Crippen molar-refractivity contribution in [1.29, 1.82) is 0 Å². The maximum Gasteiger partial charge on any atom is 0.233 e. The zero-order chi connectivity index (χ0) is 23.9. The van der Waals surface area contributed by atoms with Crippen LogP contribution in [-0.2, 0) is 11.3 Å². The zero-order valence-electron chi connectivity index (χ0n) is 19.5. The molecule has 3 aromatic carbocycles. The molecule has 0 atom stereocenters. The summed E-state index contributed by atoms with van der Waals surface area (Å²) in [7, 11) is 5.83. The second-order valence-electron chi connectivity index (χ2n) is 8.12. The summed E-state index contributed by atoms with van der Waals surface area (Å²) in [6.07, 6.45) is 0. The molecule has 1 amide bonds. The van der Waals surface area contributed by atoms with E-state index in [4.69, 9.17) is 4.98 Å². The molecule has 7 heteroatoms. The molecule has 0 aliphatic carbocycles. The predicted molar refractivity (Wildman–Crippen MR) is 139 cm³/mol. The van der Waals surface area contributed by atoms with Crippen LogP contribution in [0.15, 0.2) is 90.1 Å². The Morgan fingerprint density at radius 2 is 1.35 bits per heavy atom. The molecular weight excluding hydrogens is 442 g/mol. The van der Waals surface area contributed by atoms with Gasteiger partial charge in [-0.2, -0.15) is 0 Å². The van der Waals surface area contributed by atoms with Crippen molar-refractivity contribution < 1.29 is 4.79 Å². The predicted octanol–water partition coefficient (Wildman–Crippen LogP) is 5.02. The minimum absolute atomic E-state index is 0.0127. The first-order chi connectivity index (χ1) is 16.5. The summed E-state index contributed by atoms with van der Waals surface area (Å²) >= 11 is 1.30. The minimum Gasteiger partial charge on any atom is -0.378 e. The molecule has 0 aliphatic heterocycles. The van der Waals surface area contributed by atoms with Crippen LogP contribution in [0.25, 0.3) is 22.5 Å². The van der Waals surface area contributed by atoms with Gasteiger partial charge in [-0.05, 0) is 17.7 Å². The Kier molecular flexibility index (Phi) is 7.54. The Morgan fingerprint density at radius 1 is 0.765 bits per heavy atom. The van der Waals surface area contributed by atoms with Crippen molar-refractivity contribution in [3.8, 4) is 22.5 Å². The van der Waals surface area contributed by atoms with Gasteiger partial charge >= 0.3 is 0 Å². The Morgan fingerprint density at radius 3 is 1.94 bits per heavy atom. The molecule has 0 unspecified atom stereocenters. The molecule has 0 fully saturated rings. The minimum atomic E-state index is 0.0127. The highest BCUT2D eigenvalue weighted by Gasteiger charge is 2.16. The van der Waals surface area contributed by atoms with E-state index >= 15 is 0 Å². The van der Waals surface area contributed by atoms with Crippen LogP contribution < -0.4 is 4.90 Å². The van der Waals surface area contributed by atoms with Gasteiger partial charge in [0.2, 0.25) is 11.1 Å². The van der Waals surface area contributed by atoms with Crippen LogP contribution in [0.2, 0.25) is 0 Å². The van der Waals surface area contributed by atoms with E-state index in [2.05, 4.69) is 27.2 Å². The number of hydrogen-bond acceptors (Lipinski definition) is 6. The SMILES string of the molecule is CN(Cc1ccc(N(C)C)cc1)C(=O)CSc1nnc(-c2ccccc2)c(-c2ccccc2)n1. The second kappa shape index (κ2) is 10.9. The zero-order valence-corrected chi connectivity index (χ0v) is 20.4. The number of rotatable bonds is 8. The number of benzene rings is 3. The van der Waals surface area contributed by atoms with Crippen molar-refractivity contribution in [3.63, 3.8) is 0 Å². The monoisotopic (exact) mass is 469 g/mol. The van der Waals surface area contributed by atoms with Crippen molar-refractivity contribution in [2.75, 3.05) is 31.8 Å². The Bertz CT molecular complexity index is 1230. The number of anilines is 1. The third-order valence-electron chi connectivity index (χ3n) is 5.38. The molecule has 0 radical (unpaired) electrons. The largest absolute Gasteiger partial charge is 0.378 e. The van der Waals surface area contributed by atoms with Gasteiger partial charge in [-0.1, -0.05) is 84.6 Å². The maximum atomic E-state index is 12.8. The van der Waals surface area contributed by atoms with Gasteiger partial charge in [0.15, 0.2) is 0 Å². The van der Waals surface area contributed by atoms with E-state index in [0.717, 1.165) is 33.8 Å². The van der Waals surface area contributed by atoms with E-state index in [0.29, 0.717) is 11.7 Å². The first kappa shape index (κ1) is 23.4. The van der Waals surface area contributed by atoms with E-state index in [-0.39, 0.29) is 11.7 Å². The van der Waals surface area contributed by atoms with Gasteiger partial charge in [-0.15, -0.1) is 10.2 Å². The molecule has 34 heavy (non-hydrogen) atoms. The molecule has 0 saturated heterocycles. The molecule has 0 N–H and O–H groups in total. The highest BCUT2D eigenvalue weighted by atomic mass is 32.2. The Labute approximate surface area is 204 Å². The number of hydrogen-bond donors (Lipinski definition) is 0. The van der Waals surface area contributed by atoms with Crippen LogP contribution in [-0.4, -0.2) is 52.9 Å². The van der Waals surface area contributed by atoms with Gasteiger partial charge in [-0.25, -0.2) is 4.98 Å². The molecule has 1 aromatic heterocycles. The smallest absolute Gasteiger partial charge is 0.233 e. The third kappa shape index (κ3) is 5.80. The van der Waals surface area contributed by atoms with E-state index in [1.54, 1.807) is 4.90 Å². The molecule has 4 aromatic rings. The van der Waals surface area contributed by atoms with E-state index in [9.17, 15) is 4.79 Å². The summed E-state index contributed by atoms with van der Waals surface area (Å²) in [4.78, 5) is 21.3. The fourth-order valence-corrected chi connectivity index (χ4v) is 4.19. The molecule has 0 saturated carbocycles. The summed E-state index contributed by atoms with van der Waals surface area (Å²) in [5, 5.41) is 9.27. The summed E-state index contributed by atoms with van der Waals surface area (Å²) in [6.45, 7) is 0.550. The van der Waals surface area contributed by atoms with Gasteiger partial charge in [0, 0.05) is 44.5 Å². The molecule has 0 bridgehead atoms. The van der Waals surface area contributed by atoms with Crippen LogP contribution in [0.1, 0.15) is 5.56 Å². The first-order valence-corrected chi connectivity index (χ1v) is 12.0. The summed E-state index contributed by atoms with van der Waals surface area (Å²) in [5.41, 5.74) is 5.61. The van der Waals surface area contributed by atoms with Crippen LogP contribution >= 0.6 is 11.8 Å². The highest BCUT2D eigenvalue weighted by molar-refractivity contribution is 7.99. The van der Waals surface area contributed by atoms with E-state index < -0.39 is 0 Å². The lowest BCUT2D eigenvalue weighted by atomic mass is 10.0. The standard InChI is InChI=1S/C27H27N5OS/c1-31(2)23-16-14-20(15-17-23)18-32(3)24(33)19-34-27-28-25(21-10-6-4-7-11-21)26(29-30-27)22-12-8-5-9-13-22/h4-17H,18-19H2,1-3H3. The van der Waals surface area contributed by atoms with Crippen molar-refractivity contribution in [2.24, 2.45) is 0 Å². The highest BCUT2D eigenvalue weighted by Crippen LogP contribution is 2.29. The Hall–Kier alpha value is -3.71. The van der Waals surface area contributed by atoms with Crippen molar-refractivity contribution in [2.45, 2.75) is 11.7 Å². The average Bonchev–Trinajstić information content (AvgIpc) is 2.88. The van der Waals surface area contributed by atoms with Gasteiger partial charge < -0.3 is 9.80 Å². The first-order valence-electron chi connectivity index (χ1n) is 11.0. The quantitative estimate of drug-likeness (QED) is 0.338. The summed E-state index contributed by atoms with van der Waals surface area (Å²) < 4.78 is 0. The summed E-state index contributed by atoms with van der Waals surface area (Å²) in [5.74, 6) is 0.256. The number of thioether (sulfide) groups is 1.